The minimum absolute atomic E-state index is 0.0570. The standard InChI is InChI=1S/C21H21N7O/c22-16-12-24-27(14-16)20-8-7-15(11-23-20)18-5-4-6-19-17(13-25-28(18)19)21(29)26-9-2-1-3-10-26/h4-8,11-14H,1-3,9-10,22H2. The van der Waals surface area contributed by atoms with Gasteiger partial charge in [-0.2, -0.15) is 10.2 Å². The zero-order chi connectivity index (χ0) is 19.8. The van der Waals surface area contributed by atoms with E-state index in [4.69, 9.17) is 5.73 Å². The van der Waals surface area contributed by atoms with Crippen LogP contribution in [0.1, 0.15) is 29.6 Å². The molecule has 4 aromatic heterocycles. The largest absolute Gasteiger partial charge is 0.396 e. The van der Waals surface area contributed by atoms with E-state index in [0.29, 0.717) is 17.1 Å². The fourth-order valence-electron chi connectivity index (χ4n) is 3.80. The molecule has 146 valence electrons. The number of hydrogen-bond acceptors (Lipinski definition) is 5. The van der Waals surface area contributed by atoms with E-state index in [9.17, 15) is 4.79 Å². The van der Waals surface area contributed by atoms with Crippen LogP contribution in [0.2, 0.25) is 0 Å². The first-order valence-electron chi connectivity index (χ1n) is 9.74. The van der Waals surface area contributed by atoms with Crippen LogP contribution in [0.4, 0.5) is 5.69 Å². The molecule has 0 aromatic carbocycles. The van der Waals surface area contributed by atoms with E-state index in [-0.39, 0.29) is 5.91 Å². The molecular formula is C21H21N7O. The second kappa shape index (κ2) is 7.05. The average Bonchev–Trinajstić information content (AvgIpc) is 3.40. The average molecular weight is 387 g/mol. The molecule has 1 fully saturated rings. The van der Waals surface area contributed by atoms with Gasteiger partial charge in [-0.3, -0.25) is 4.79 Å². The summed E-state index contributed by atoms with van der Waals surface area (Å²) in [6, 6.07) is 9.69. The van der Waals surface area contributed by atoms with Gasteiger partial charge in [0.05, 0.1) is 41.1 Å². The van der Waals surface area contributed by atoms with Crippen LogP contribution in [0.3, 0.4) is 0 Å². The highest BCUT2D eigenvalue weighted by Gasteiger charge is 2.22. The topological polar surface area (TPSA) is 94.3 Å². The van der Waals surface area contributed by atoms with Crippen molar-refractivity contribution in [3.8, 4) is 17.1 Å². The summed E-state index contributed by atoms with van der Waals surface area (Å²) < 4.78 is 3.43. The number of nitrogen functional groups attached to an aromatic ring is 1. The predicted molar refractivity (Wildman–Crippen MR) is 110 cm³/mol. The summed E-state index contributed by atoms with van der Waals surface area (Å²) in [5, 5.41) is 8.68. The van der Waals surface area contributed by atoms with Gasteiger partial charge in [-0.05, 0) is 43.5 Å². The summed E-state index contributed by atoms with van der Waals surface area (Å²) in [5.74, 6) is 0.737. The molecule has 8 nitrogen and oxygen atoms in total. The molecule has 1 aliphatic heterocycles. The van der Waals surface area contributed by atoms with E-state index in [1.165, 1.54) is 6.42 Å². The number of hydrogen-bond donors (Lipinski definition) is 1. The van der Waals surface area contributed by atoms with Gasteiger partial charge in [-0.25, -0.2) is 14.2 Å². The van der Waals surface area contributed by atoms with Crippen LogP contribution >= 0.6 is 0 Å². The number of amides is 1. The van der Waals surface area contributed by atoms with Crippen LogP contribution in [0.15, 0.2) is 55.1 Å². The van der Waals surface area contributed by atoms with Crippen LogP contribution in [-0.4, -0.2) is 48.3 Å². The Hall–Kier alpha value is -3.68. The van der Waals surface area contributed by atoms with E-state index < -0.39 is 0 Å². The number of fused-ring (bicyclic) bond motifs is 1. The Morgan fingerprint density at radius 3 is 2.55 bits per heavy atom. The molecular weight excluding hydrogens is 366 g/mol. The highest BCUT2D eigenvalue weighted by Crippen LogP contribution is 2.24. The predicted octanol–water partition coefficient (Wildman–Crippen LogP) is 2.79. The minimum atomic E-state index is 0.0570. The van der Waals surface area contributed by atoms with Gasteiger partial charge in [0.1, 0.15) is 0 Å². The quantitative estimate of drug-likeness (QED) is 0.583. The molecule has 2 N–H and O–H groups in total. The Balaban J connectivity index is 1.49. The van der Waals surface area contributed by atoms with Crippen molar-refractivity contribution in [2.45, 2.75) is 19.3 Å². The second-order valence-electron chi connectivity index (χ2n) is 7.24. The first kappa shape index (κ1) is 17.4. The number of rotatable bonds is 3. The van der Waals surface area contributed by atoms with Gasteiger partial charge in [0.25, 0.3) is 5.91 Å². The highest BCUT2D eigenvalue weighted by molar-refractivity contribution is 6.01. The molecule has 1 saturated heterocycles. The molecule has 1 aliphatic rings. The van der Waals surface area contributed by atoms with Gasteiger partial charge in [-0.1, -0.05) is 6.07 Å². The Morgan fingerprint density at radius 2 is 1.83 bits per heavy atom. The molecule has 0 radical (unpaired) electrons. The number of piperidine rings is 1. The number of nitrogens with two attached hydrogens (primary N) is 1. The van der Waals surface area contributed by atoms with E-state index in [1.807, 2.05) is 35.2 Å². The molecule has 0 atom stereocenters. The lowest BCUT2D eigenvalue weighted by molar-refractivity contribution is 0.0726. The second-order valence-corrected chi connectivity index (χ2v) is 7.24. The molecule has 5 rings (SSSR count). The van der Waals surface area contributed by atoms with Crippen molar-refractivity contribution in [3.05, 3.63) is 60.7 Å². The maximum Gasteiger partial charge on any atom is 0.257 e. The summed E-state index contributed by atoms with van der Waals surface area (Å²) in [6.45, 7) is 1.64. The van der Waals surface area contributed by atoms with Gasteiger partial charge in [0.2, 0.25) is 0 Å². The maximum atomic E-state index is 13.0. The number of anilines is 1. The molecule has 0 bridgehead atoms. The first-order chi connectivity index (χ1) is 14.2. The van der Waals surface area contributed by atoms with Crippen molar-refractivity contribution in [2.24, 2.45) is 0 Å². The first-order valence-corrected chi connectivity index (χ1v) is 9.74. The fourth-order valence-corrected chi connectivity index (χ4v) is 3.80. The number of nitrogens with zero attached hydrogens (tertiary/aromatic N) is 6. The molecule has 0 saturated carbocycles. The molecule has 0 aliphatic carbocycles. The molecule has 5 heterocycles. The molecule has 0 spiro atoms. The molecule has 1 amide bonds. The zero-order valence-corrected chi connectivity index (χ0v) is 15.9. The zero-order valence-electron chi connectivity index (χ0n) is 15.9. The minimum Gasteiger partial charge on any atom is -0.396 e. The molecule has 29 heavy (non-hydrogen) atoms. The molecule has 4 aromatic rings. The van der Waals surface area contributed by atoms with Crippen LogP contribution in [-0.2, 0) is 0 Å². The Kier molecular flexibility index (Phi) is 4.23. The Bertz CT molecular complexity index is 1170. The third-order valence-electron chi connectivity index (χ3n) is 5.30. The Labute approximate surface area is 167 Å². The van der Waals surface area contributed by atoms with Gasteiger partial charge < -0.3 is 10.6 Å². The normalized spacial score (nSPS) is 14.4. The Morgan fingerprint density at radius 1 is 0.966 bits per heavy atom. The summed E-state index contributed by atoms with van der Waals surface area (Å²) >= 11 is 0. The van der Waals surface area contributed by atoms with Crippen LogP contribution in [0.5, 0.6) is 0 Å². The van der Waals surface area contributed by atoms with Crippen LogP contribution in [0.25, 0.3) is 22.6 Å². The van der Waals surface area contributed by atoms with Gasteiger partial charge in [0, 0.05) is 24.8 Å². The third-order valence-corrected chi connectivity index (χ3v) is 5.30. The summed E-state index contributed by atoms with van der Waals surface area (Å²) in [6.07, 6.45) is 10.1. The lowest BCUT2D eigenvalue weighted by Gasteiger charge is -2.26. The molecule has 8 heteroatoms. The van der Waals surface area contributed by atoms with Crippen molar-refractivity contribution in [1.82, 2.24) is 29.3 Å². The number of pyridine rings is 2. The lowest BCUT2D eigenvalue weighted by atomic mass is 10.1. The van der Waals surface area contributed by atoms with Crippen LogP contribution in [0, 0.1) is 0 Å². The van der Waals surface area contributed by atoms with Gasteiger partial charge in [0.15, 0.2) is 5.82 Å². The van der Waals surface area contributed by atoms with Crippen molar-refractivity contribution < 1.29 is 4.79 Å². The van der Waals surface area contributed by atoms with E-state index >= 15 is 0 Å². The van der Waals surface area contributed by atoms with E-state index in [1.54, 1.807) is 34.0 Å². The highest BCUT2D eigenvalue weighted by atomic mass is 16.2. The van der Waals surface area contributed by atoms with Gasteiger partial charge in [-0.15, -0.1) is 0 Å². The monoisotopic (exact) mass is 387 g/mol. The van der Waals surface area contributed by atoms with Gasteiger partial charge >= 0.3 is 0 Å². The summed E-state index contributed by atoms with van der Waals surface area (Å²) in [4.78, 5) is 19.4. The van der Waals surface area contributed by atoms with Crippen LogP contribution < -0.4 is 5.73 Å². The third kappa shape index (κ3) is 3.12. The number of likely N-dealkylation sites (tertiary alicyclic amines) is 1. The SMILES string of the molecule is Nc1cnn(-c2ccc(-c3cccc4c(C(=O)N5CCCCC5)cnn34)cn2)c1. The lowest BCUT2D eigenvalue weighted by Crippen LogP contribution is -2.35. The van der Waals surface area contributed by atoms with Crippen molar-refractivity contribution in [1.29, 1.82) is 0 Å². The van der Waals surface area contributed by atoms with Crippen molar-refractivity contribution in [2.75, 3.05) is 18.8 Å². The number of carbonyl (C=O) groups is 1. The number of aromatic nitrogens is 5. The van der Waals surface area contributed by atoms with Crippen molar-refractivity contribution in [3.63, 3.8) is 0 Å². The van der Waals surface area contributed by atoms with E-state index in [0.717, 1.165) is 42.7 Å². The summed E-state index contributed by atoms with van der Waals surface area (Å²) in [7, 11) is 0. The maximum absolute atomic E-state index is 13.0. The summed E-state index contributed by atoms with van der Waals surface area (Å²) in [5.41, 5.74) is 9.54. The smallest absolute Gasteiger partial charge is 0.257 e. The van der Waals surface area contributed by atoms with Crippen molar-refractivity contribution >= 4 is 17.1 Å². The fraction of sp³-hybridized carbons (Fsp3) is 0.238. The van der Waals surface area contributed by atoms with E-state index in [2.05, 4.69) is 15.2 Å². The number of carbonyl (C=O) groups excluding carboxylic acids is 1. The molecule has 0 unspecified atom stereocenters.